The van der Waals surface area contributed by atoms with E-state index in [1.165, 1.54) is 36.8 Å². The summed E-state index contributed by atoms with van der Waals surface area (Å²) in [6, 6.07) is 62.8. The van der Waals surface area contributed by atoms with Gasteiger partial charge in [-0.25, -0.2) is 0 Å². The van der Waals surface area contributed by atoms with Gasteiger partial charge in [0.05, 0.1) is 6.61 Å². The summed E-state index contributed by atoms with van der Waals surface area (Å²) in [6.45, 7) is 0.782. The fraction of sp³-hybridized carbons (Fsp3) is 0.191. The average molecular weight is 666 g/mol. The summed E-state index contributed by atoms with van der Waals surface area (Å²) in [6.07, 6.45) is 7.39. The number of allylic oxidation sites excluding steroid dienone is 2. The molecule has 51 heavy (non-hydrogen) atoms. The van der Waals surface area contributed by atoms with Crippen molar-refractivity contribution < 1.29 is 9.39 Å². The molecule has 0 spiro atoms. The molecule has 0 aliphatic heterocycles. The Labute approximate surface area is 303 Å². The number of ether oxygens (including phenoxy) is 1. The quantitative estimate of drug-likeness (QED) is 0.0784. The van der Waals surface area contributed by atoms with E-state index >= 15 is 0 Å². The summed E-state index contributed by atoms with van der Waals surface area (Å²) in [5, 5.41) is 0. The topological polar surface area (TPSA) is 30.8 Å². The zero-order valence-corrected chi connectivity index (χ0v) is 29.2. The molecular formula is C47H44BNO2. The Kier molecular flexibility index (Phi) is 10.8. The Morgan fingerprint density at radius 3 is 1.14 bits per heavy atom. The van der Waals surface area contributed by atoms with E-state index in [1.807, 2.05) is 54.6 Å². The van der Waals surface area contributed by atoms with Crippen LogP contribution in [-0.2, 0) is 20.6 Å². The molecule has 0 saturated heterocycles. The van der Waals surface area contributed by atoms with Gasteiger partial charge in [0.1, 0.15) is 5.60 Å². The molecule has 1 saturated carbocycles. The van der Waals surface area contributed by atoms with Crippen molar-refractivity contribution in [1.82, 2.24) is 0 Å². The van der Waals surface area contributed by atoms with Crippen LogP contribution in [0, 0.1) is 17.8 Å². The van der Waals surface area contributed by atoms with Crippen LogP contribution in [0.25, 0.3) is 0 Å². The van der Waals surface area contributed by atoms with Crippen molar-refractivity contribution >= 4 is 7.27 Å². The SMILES string of the molecule is C1=CC2CC1CC2COC(c1ccccc1)(c1ccccc1)c1ccccc1.CN=BOC(c1ccccc1)(c1ccccc1)c1ccccc1. The molecule has 0 amide bonds. The standard InChI is InChI=1S/C27H26O.C20H18BNO/c1-4-10-24(11-5-1)27(25-12-6-2-7-13-25,26-14-8-3-9-15-26)28-20-23-19-21-16-17-22(23)18-21;1-22-21-23-20(17-11-5-2-6-12-17,18-13-7-3-8-14-18)19-15-9-4-10-16-19/h1-17,21-23H,18-20H2;2-16H,1H3. The summed E-state index contributed by atoms with van der Waals surface area (Å²) in [5.74, 6) is 2.06. The van der Waals surface area contributed by atoms with Gasteiger partial charge < -0.3 is 4.74 Å². The zero-order chi connectivity index (χ0) is 34.8. The fourth-order valence-corrected chi connectivity index (χ4v) is 7.94. The van der Waals surface area contributed by atoms with Gasteiger partial charge in [-0.3, -0.25) is 0 Å². The number of hydrogen-bond donors (Lipinski definition) is 0. The van der Waals surface area contributed by atoms with E-state index < -0.39 is 11.2 Å². The molecule has 0 radical (unpaired) electrons. The van der Waals surface area contributed by atoms with Crippen LogP contribution >= 0.6 is 0 Å². The van der Waals surface area contributed by atoms with Crippen molar-refractivity contribution in [1.29, 1.82) is 0 Å². The second kappa shape index (κ2) is 16.1. The molecule has 0 heterocycles. The molecule has 3 atom stereocenters. The van der Waals surface area contributed by atoms with Gasteiger partial charge in [-0.15, -0.1) is 0 Å². The van der Waals surface area contributed by atoms with E-state index in [-0.39, 0.29) is 0 Å². The van der Waals surface area contributed by atoms with E-state index in [0.29, 0.717) is 11.8 Å². The maximum absolute atomic E-state index is 6.99. The summed E-state index contributed by atoms with van der Waals surface area (Å²) in [7, 11) is 3.23. The predicted molar refractivity (Wildman–Crippen MR) is 208 cm³/mol. The zero-order valence-electron chi connectivity index (χ0n) is 29.2. The third-order valence-electron chi connectivity index (χ3n) is 10.3. The summed E-state index contributed by atoms with van der Waals surface area (Å²) in [5.41, 5.74) is 5.45. The molecule has 4 heteroatoms. The van der Waals surface area contributed by atoms with Crippen molar-refractivity contribution in [3.8, 4) is 0 Å². The van der Waals surface area contributed by atoms with Crippen molar-refractivity contribution in [3.63, 3.8) is 0 Å². The number of nitrogens with zero attached hydrogens (tertiary/aromatic N) is 1. The first kappa shape index (κ1) is 34.1. The number of fused-ring (bicyclic) bond motifs is 2. The molecule has 3 unspecified atom stereocenters. The van der Waals surface area contributed by atoms with E-state index in [1.54, 1.807) is 7.05 Å². The minimum atomic E-state index is -0.719. The van der Waals surface area contributed by atoms with Crippen molar-refractivity contribution in [3.05, 3.63) is 228 Å². The summed E-state index contributed by atoms with van der Waals surface area (Å²) < 4.78 is 13.2. The molecule has 252 valence electrons. The van der Waals surface area contributed by atoms with Gasteiger partial charge in [-0.1, -0.05) is 103 Å². The van der Waals surface area contributed by atoms with Crippen LogP contribution < -0.4 is 0 Å². The molecule has 8 rings (SSSR count). The van der Waals surface area contributed by atoms with Crippen LogP contribution in [0.15, 0.2) is 199 Å². The third-order valence-corrected chi connectivity index (χ3v) is 10.3. The normalized spacial score (nSPS) is 17.8. The molecule has 0 N–H and O–H groups in total. The molecular weight excluding hydrogens is 621 g/mol. The summed E-state index contributed by atoms with van der Waals surface area (Å²) >= 11 is 0. The maximum atomic E-state index is 6.99. The second-order valence-electron chi connectivity index (χ2n) is 13.4. The Morgan fingerprint density at radius 1 is 0.490 bits per heavy atom. The van der Waals surface area contributed by atoms with Crippen LogP contribution in [0.5, 0.6) is 0 Å². The van der Waals surface area contributed by atoms with Gasteiger partial charge in [0.25, 0.3) is 0 Å². The molecule has 6 aromatic carbocycles. The molecule has 6 aromatic rings. The molecule has 0 aromatic heterocycles. The number of rotatable bonds is 11. The monoisotopic (exact) mass is 665 g/mol. The Hall–Kier alpha value is -5.32. The first-order chi connectivity index (χ1) is 25.2. The van der Waals surface area contributed by atoms with Crippen LogP contribution in [0.1, 0.15) is 46.2 Å². The minimum absolute atomic E-state index is 0.588. The van der Waals surface area contributed by atoms with Gasteiger partial charge in [0, 0.05) is 0 Å². The Balaban J connectivity index is 0.000000163. The van der Waals surface area contributed by atoms with Crippen LogP contribution in [0.4, 0.5) is 0 Å². The first-order valence-electron chi connectivity index (χ1n) is 18.0. The van der Waals surface area contributed by atoms with Crippen LogP contribution in [0.2, 0.25) is 0 Å². The molecule has 2 bridgehead atoms. The summed E-state index contributed by atoms with van der Waals surface area (Å²) in [4.78, 5) is 4.05. The van der Waals surface area contributed by atoms with Crippen molar-refractivity contribution in [2.24, 2.45) is 22.6 Å². The predicted octanol–water partition coefficient (Wildman–Crippen LogP) is 10.6. The van der Waals surface area contributed by atoms with Crippen molar-refractivity contribution in [2.45, 2.75) is 24.0 Å². The van der Waals surface area contributed by atoms with Gasteiger partial charge in [0.15, 0.2) is 0 Å². The van der Waals surface area contributed by atoms with E-state index in [9.17, 15) is 0 Å². The van der Waals surface area contributed by atoms with E-state index in [2.05, 4.69) is 144 Å². The Bertz CT molecular complexity index is 1790. The molecule has 2 aliphatic carbocycles. The van der Waals surface area contributed by atoms with Crippen LogP contribution in [-0.4, -0.2) is 20.9 Å². The van der Waals surface area contributed by atoms with Gasteiger partial charge >= 0.3 is 137 Å². The van der Waals surface area contributed by atoms with Crippen molar-refractivity contribution in [2.75, 3.05) is 13.7 Å². The molecule has 1 fully saturated rings. The fourth-order valence-electron chi connectivity index (χ4n) is 7.94. The van der Waals surface area contributed by atoms with E-state index in [4.69, 9.17) is 9.39 Å². The van der Waals surface area contributed by atoms with Gasteiger partial charge in [-0.05, 0) is 47.3 Å². The first-order valence-corrected chi connectivity index (χ1v) is 18.0. The number of hydrogen-bond acceptors (Lipinski definition) is 3. The molecule has 3 nitrogen and oxygen atoms in total. The third kappa shape index (κ3) is 7.15. The second-order valence-corrected chi connectivity index (χ2v) is 13.4. The average Bonchev–Trinajstić information content (AvgIpc) is 3.86. The Morgan fingerprint density at radius 2 is 0.843 bits per heavy atom. The number of benzene rings is 6. The van der Waals surface area contributed by atoms with Gasteiger partial charge in [-0.2, -0.15) is 0 Å². The van der Waals surface area contributed by atoms with Gasteiger partial charge in [0.2, 0.25) is 0 Å². The van der Waals surface area contributed by atoms with E-state index in [0.717, 1.165) is 29.2 Å². The molecule has 2 aliphatic rings. The van der Waals surface area contributed by atoms with Crippen LogP contribution in [0.3, 0.4) is 0 Å².